The van der Waals surface area contributed by atoms with Crippen LogP contribution in [0.15, 0.2) is 73.9 Å². The molecule has 308 valence electrons. The van der Waals surface area contributed by atoms with E-state index in [-0.39, 0.29) is 0 Å². The second-order valence-corrected chi connectivity index (χ2v) is 20.9. The van der Waals surface area contributed by atoms with Crippen molar-refractivity contribution in [2.45, 2.75) is 103 Å². The Morgan fingerprint density at radius 1 is 0.554 bits per heavy atom. The van der Waals surface area contributed by atoms with Gasteiger partial charge in [0.2, 0.25) is 0 Å². The van der Waals surface area contributed by atoms with Crippen molar-refractivity contribution >= 4 is 0 Å². The molecule has 0 N–H and O–H groups in total. The minimum Gasteiger partial charge on any atom is -0.375 e. The van der Waals surface area contributed by atoms with Gasteiger partial charge < -0.3 is 18.9 Å². The zero-order chi connectivity index (χ0) is 38.2. The van der Waals surface area contributed by atoms with Crippen LogP contribution in [0.2, 0.25) is 0 Å². The van der Waals surface area contributed by atoms with E-state index >= 15 is 0 Å². The number of hydrogen-bond acceptors (Lipinski definition) is 4. The Labute approximate surface area is 341 Å². The van der Waals surface area contributed by atoms with Crippen LogP contribution in [0.5, 0.6) is 0 Å². The van der Waals surface area contributed by atoms with Crippen LogP contribution in [0.1, 0.15) is 90.9 Å². The molecule has 2 saturated heterocycles. The molecule has 10 fully saturated rings. The highest BCUT2D eigenvalue weighted by atomic mass is 16.6. The summed E-state index contributed by atoms with van der Waals surface area (Å²) in [4.78, 5) is 0. The first kappa shape index (κ1) is 39.7. The fraction of sp³-hybridized carbons (Fsp3) is 0.769. The van der Waals surface area contributed by atoms with Crippen LogP contribution in [-0.2, 0) is 18.9 Å². The van der Waals surface area contributed by atoms with Gasteiger partial charge in [-0.3, -0.25) is 0 Å². The van der Waals surface area contributed by atoms with Gasteiger partial charge in [-0.1, -0.05) is 74.6 Å². The van der Waals surface area contributed by atoms with Crippen LogP contribution < -0.4 is 0 Å². The van der Waals surface area contributed by atoms with E-state index in [1.165, 1.54) is 57.8 Å². The van der Waals surface area contributed by atoms with Crippen molar-refractivity contribution in [1.82, 2.24) is 0 Å². The van der Waals surface area contributed by atoms with Crippen molar-refractivity contribution in [3.05, 3.63) is 73.9 Å². The van der Waals surface area contributed by atoms with Gasteiger partial charge in [-0.2, -0.15) is 0 Å². The Bertz CT molecular complexity index is 1430. The summed E-state index contributed by atoms with van der Waals surface area (Å²) >= 11 is 0. The highest BCUT2D eigenvalue weighted by molar-refractivity contribution is 5.20. The lowest BCUT2D eigenvalue weighted by atomic mass is 9.73. The second-order valence-electron chi connectivity index (χ2n) is 20.9. The van der Waals surface area contributed by atoms with Crippen LogP contribution in [0.3, 0.4) is 0 Å². The average molecular weight is 765 g/mol. The maximum atomic E-state index is 5.73. The molecule has 8 saturated carbocycles. The zero-order valence-electron chi connectivity index (χ0n) is 35.1. The molecule has 0 radical (unpaired) electrons. The van der Waals surface area contributed by atoms with Crippen molar-refractivity contribution < 1.29 is 18.9 Å². The standard InChI is InChI=1S/C26H38O2.C12H16.C8H12.C6H10O2/c1-3-19-12-18(11-17(19)2)6-7-21-13-20(5-4-10-27-15-24-16-28-24)25-22-8-9-23(14-22)26(21)25;1-2-8-5-7(1)11-9-3-4-10(6-9)12(8)11;1-6-4-7-2-3-8(6)5-7;1-2-3-7-4-6-5-8-6/h3-7,17-26H,1,8-16H2,2H3;1-2,7-12H,3-6H2;2-3,6-8H,4-5H2,1H3;2,6H,1,3-5H2/b5-4+,7-6-;;;. The van der Waals surface area contributed by atoms with E-state index < -0.39 is 0 Å². The summed E-state index contributed by atoms with van der Waals surface area (Å²) in [6.07, 6.45) is 42.4. The molecule has 4 heteroatoms. The molecule has 20 atom stereocenters. The van der Waals surface area contributed by atoms with E-state index in [1.807, 2.05) is 0 Å². The van der Waals surface area contributed by atoms with Gasteiger partial charge in [0.15, 0.2) is 0 Å². The Morgan fingerprint density at radius 2 is 1.14 bits per heavy atom. The molecule has 4 nitrogen and oxygen atoms in total. The average Bonchev–Trinajstić information content (AvgIpc) is 3.81. The number of ether oxygens (including phenoxy) is 4. The molecule has 2 aliphatic heterocycles. The smallest absolute Gasteiger partial charge is 0.104 e. The molecular formula is C52H76O4. The first-order chi connectivity index (χ1) is 27.4. The highest BCUT2D eigenvalue weighted by Crippen LogP contribution is 2.65. The molecule has 20 unspecified atom stereocenters. The van der Waals surface area contributed by atoms with Gasteiger partial charge in [-0.05, 0) is 184 Å². The van der Waals surface area contributed by atoms with Gasteiger partial charge in [-0.25, -0.2) is 0 Å². The lowest BCUT2D eigenvalue weighted by molar-refractivity contribution is 0.140. The quantitative estimate of drug-likeness (QED) is 0.0859. The molecule has 12 rings (SSSR count). The van der Waals surface area contributed by atoms with Crippen molar-refractivity contribution in [3.8, 4) is 0 Å². The molecule has 0 aromatic carbocycles. The molecule has 0 aromatic heterocycles. The lowest BCUT2D eigenvalue weighted by Crippen LogP contribution is -2.25. The molecule has 0 amide bonds. The Hall–Kier alpha value is -1.72. The van der Waals surface area contributed by atoms with Crippen LogP contribution >= 0.6 is 0 Å². The largest absolute Gasteiger partial charge is 0.375 e. The highest BCUT2D eigenvalue weighted by Gasteiger charge is 2.58. The Kier molecular flexibility index (Phi) is 12.7. The SMILES string of the molecule is C1=CC2CC1C1C3CCC(C3)C21.C=CC1CC(/C=C\C2CC(/C=C/COCC3CO3)C3C4CCC(C4)C23)CC1C.C=CCOCC1CO1.CC1CC2C=CC1C2. The van der Waals surface area contributed by atoms with Crippen LogP contribution in [-0.4, -0.2) is 51.8 Å². The van der Waals surface area contributed by atoms with E-state index in [0.29, 0.717) is 18.8 Å². The first-order valence-electron chi connectivity index (χ1n) is 23.8. The molecule has 0 spiro atoms. The van der Waals surface area contributed by atoms with E-state index in [0.717, 1.165) is 140 Å². The maximum absolute atomic E-state index is 5.73. The van der Waals surface area contributed by atoms with E-state index in [4.69, 9.17) is 18.9 Å². The van der Waals surface area contributed by atoms with Gasteiger partial charge in [0.1, 0.15) is 12.2 Å². The van der Waals surface area contributed by atoms with Crippen molar-refractivity contribution in [1.29, 1.82) is 0 Å². The lowest BCUT2D eigenvalue weighted by Gasteiger charge is -2.31. The van der Waals surface area contributed by atoms with Crippen molar-refractivity contribution in [3.63, 3.8) is 0 Å². The summed E-state index contributed by atoms with van der Waals surface area (Å²) in [5.41, 5.74) is 0. The molecule has 56 heavy (non-hydrogen) atoms. The number of epoxide rings is 2. The van der Waals surface area contributed by atoms with Crippen LogP contribution in [0.25, 0.3) is 0 Å². The summed E-state index contributed by atoms with van der Waals surface area (Å²) in [5.74, 6) is 17.4. The summed E-state index contributed by atoms with van der Waals surface area (Å²) in [5, 5.41) is 0. The van der Waals surface area contributed by atoms with Crippen LogP contribution in [0.4, 0.5) is 0 Å². The van der Waals surface area contributed by atoms with Gasteiger partial charge in [0.05, 0.1) is 39.6 Å². The number of allylic oxidation sites excluding steroid dienone is 8. The molecule has 10 aliphatic carbocycles. The third-order valence-electron chi connectivity index (χ3n) is 17.5. The summed E-state index contributed by atoms with van der Waals surface area (Å²) in [6, 6.07) is 0. The van der Waals surface area contributed by atoms with Gasteiger partial charge in [0.25, 0.3) is 0 Å². The molecule has 8 bridgehead atoms. The third kappa shape index (κ3) is 8.90. The minimum atomic E-state index is 0.378. The zero-order valence-corrected chi connectivity index (χ0v) is 35.1. The molecule has 0 aromatic rings. The summed E-state index contributed by atoms with van der Waals surface area (Å²) in [6.45, 7) is 17.0. The Morgan fingerprint density at radius 3 is 1.64 bits per heavy atom. The first-order valence-corrected chi connectivity index (χ1v) is 23.8. The monoisotopic (exact) mass is 765 g/mol. The number of rotatable bonds is 12. The number of fused-ring (bicyclic) bond motifs is 16. The normalized spacial score (nSPS) is 49.5. The van der Waals surface area contributed by atoms with Crippen LogP contribution in [0, 0.1) is 107 Å². The molecule has 2 heterocycles. The fourth-order valence-electron chi connectivity index (χ4n) is 15.0. The maximum Gasteiger partial charge on any atom is 0.104 e. The van der Waals surface area contributed by atoms with Crippen molar-refractivity contribution in [2.75, 3.05) is 39.6 Å². The van der Waals surface area contributed by atoms with E-state index in [2.05, 4.69) is 81.7 Å². The topological polar surface area (TPSA) is 43.5 Å². The van der Waals surface area contributed by atoms with E-state index in [1.54, 1.807) is 25.3 Å². The minimum absolute atomic E-state index is 0.378. The molecular weight excluding hydrogens is 689 g/mol. The summed E-state index contributed by atoms with van der Waals surface area (Å²) in [7, 11) is 0. The molecule has 12 aliphatic rings. The van der Waals surface area contributed by atoms with E-state index in [9.17, 15) is 0 Å². The summed E-state index contributed by atoms with van der Waals surface area (Å²) < 4.78 is 20.9. The predicted molar refractivity (Wildman–Crippen MR) is 228 cm³/mol. The van der Waals surface area contributed by atoms with Gasteiger partial charge in [0, 0.05) is 0 Å². The fourth-order valence-corrected chi connectivity index (χ4v) is 15.0. The Balaban J connectivity index is 0.000000118. The third-order valence-corrected chi connectivity index (χ3v) is 17.5. The van der Waals surface area contributed by atoms with Crippen molar-refractivity contribution in [2.24, 2.45) is 107 Å². The second kappa shape index (κ2) is 17.9. The van der Waals surface area contributed by atoms with Gasteiger partial charge >= 0.3 is 0 Å². The predicted octanol–water partition coefficient (Wildman–Crippen LogP) is 11.3. The van der Waals surface area contributed by atoms with Gasteiger partial charge in [-0.15, -0.1) is 13.2 Å². The number of hydrogen-bond donors (Lipinski definition) is 0.